The number of rotatable bonds is 5. The van der Waals surface area contributed by atoms with E-state index in [9.17, 15) is 9.90 Å². The summed E-state index contributed by atoms with van der Waals surface area (Å²) in [5, 5.41) is 9.29. The number of hydrogen-bond donors (Lipinski definition) is 1. The first kappa shape index (κ1) is 13.4. The van der Waals surface area contributed by atoms with E-state index in [0.717, 1.165) is 0 Å². The molecule has 1 aromatic carbocycles. The number of phenols is 1. The summed E-state index contributed by atoms with van der Waals surface area (Å²) in [6.07, 6.45) is -0.545. The lowest BCUT2D eigenvalue weighted by Crippen LogP contribution is -2.40. The zero-order valence-electron chi connectivity index (χ0n) is 10.5. The largest absolute Gasteiger partial charge is 0.508 e. The molecule has 4 heteroatoms. The van der Waals surface area contributed by atoms with Gasteiger partial charge in [-0.05, 0) is 32.9 Å². The molecule has 1 amide bonds. The van der Waals surface area contributed by atoms with E-state index in [1.165, 1.54) is 6.07 Å². The Bertz CT molecular complexity index is 375. The van der Waals surface area contributed by atoms with Gasteiger partial charge in [-0.25, -0.2) is 0 Å². The zero-order chi connectivity index (χ0) is 12.8. The molecule has 0 saturated heterocycles. The molecule has 0 aliphatic rings. The van der Waals surface area contributed by atoms with Gasteiger partial charge in [0.2, 0.25) is 0 Å². The van der Waals surface area contributed by atoms with Gasteiger partial charge in [0.15, 0.2) is 6.10 Å². The van der Waals surface area contributed by atoms with Crippen LogP contribution in [0.4, 0.5) is 0 Å². The molecule has 0 aliphatic carbocycles. The number of nitrogens with zero attached hydrogens (tertiary/aromatic N) is 1. The van der Waals surface area contributed by atoms with Gasteiger partial charge in [0.25, 0.3) is 5.91 Å². The van der Waals surface area contributed by atoms with Crippen LogP contribution in [0.3, 0.4) is 0 Å². The quantitative estimate of drug-likeness (QED) is 0.852. The highest BCUT2D eigenvalue weighted by Crippen LogP contribution is 2.19. The Morgan fingerprint density at radius 3 is 2.59 bits per heavy atom. The molecule has 0 spiro atoms. The second-order valence-corrected chi connectivity index (χ2v) is 3.77. The maximum absolute atomic E-state index is 11.9. The Labute approximate surface area is 102 Å². The molecule has 4 nitrogen and oxygen atoms in total. The maximum atomic E-state index is 11.9. The van der Waals surface area contributed by atoms with Crippen LogP contribution in [-0.2, 0) is 4.79 Å². The first-order valence-corrected chi connectivity index (χ1v) is 5.83. The van der Waals surface area contributed by atoms with Crippen molar-refractivity contribution in [2.24, 2.45) is 0 Å². The van der Waals surface area contributed by atoms with Gasteiger partial charge in [-0.3, -0.25) is 4.79 Å². The number of benzene rings is 1. The van der Waals surface area contributed by atoms with Crippen LogP contribution in [0.25, 0.3) is 0 Å². The van der Waals surface area contributed by atoms with Crippen LogP contribution >= 0.6 is 0 Å². The Kier molecular flexibility index (Phi) is 4.82. The predicted molar refractivity (Wildman–Crippen MR) is 66.1 cm³/mol. The van der Waals surface area contributed by atoms with Crippen LogP contribution in [0.2, 0.25) is 0 Å². The monoisotopic (exact) mass is 237 g/mol. The fourth-order valence-electron chi connectivity index (χ4n) is 1.60. The molecule has 94 valence electrons. The Hall–Kier alpha value is -1.71. The lowest BCUT2D eigenvalue weighted by molar-refractivity contribution is -0.137. The Morgan fingerprint density at radius 1 is 1.41 bits per heavy atom. The van der Waals surface area contributed by atoms with Crippen LogP contribution in [0.15, 0.2) is 24.3 Å². The lowest BCUT2D eigenvalue weighted by atomic mass is 10.3. The number of amides is 1. The number of ether oxygens (including phenoxy) is 1. The van der Waals surface area contributed by atoms with Gasteiger partial charge in [-0.15, -0.1) is 0 Å². The number of aromatic hydroxyl groups is 1. The van der Waals surface area contributed by atoms with E-state index >= 15 is 0 Å². The Morgan fingerprint density at radius 2 is 2.06 bits per heavy atom. The van der Waals surface area contributed by atoms with Crippen molar-refractivity contribution in [3.05, 3.63) is 24.3 Å². The van der Waals surface area contributed by atoms with Gasteiger partial charge < -0.3 is 14.7 Å². The van der Waals surface area contributed by atoms with Crippen LogP contribution in [0, 0.1) is 0 Å². The molecule has 1 atom stereocenters. The maximum Gasteiger partial charge on any atom is 0.263 e. The van der Waals surface area contributed by atoms with Crippen LogP contribution in [0.5, 0.6) is 11.5 Å². The normalized spacial score (nSPS) is 11.9. The van der Waals surface area contributed by atoms with Gasteiger partial charge in [0.05, 0.1) is 0 Å². The zero-order valence-corrected chi connectivity index (χ0v) is 10.5. The predicted octanol–water partition coefficient (Wildman–Crippen LogP) is 2.03. The van der Waals surface area contributed by atoms with Crippen molar-refractivity contribution in [3.8, 4) is 11.5 Å². The molecule has 0 saturated carbocycles. The minimum atomic E-state index is -0.545. The molecule has 1 aromatic rings. The summed E-state index contributed by atoms with van der Waals surface area (Å²) in [4.78, 5) is 13.6. The first-order valence-electron chi connectivity index (χ1n) is 5.83. The molecule has 1 rings (SSSR count). The van der Waals surface area contributed by atoms with Gasteiger partial charge in [-0.2, -0.15) is 0 Å². The average molecular weight is 237 g/mol. The van der Waals surface area contributed by atoms with E-state index in [1.807, 2.05) is 13.8 Å². The summed E-state index contributed by atoms with van der Waals surface area (Å²) in [5.74, 6) is 0.585. The summed E-state index contributed by atoms with van der Waals surface area (Å²) >= 11 is 0. The van der Waals surface area contributed by atoms with E-state index in [2.05, 4.69) is 0 Å². The summed E-state index contributed by atoms with van der Waals surface area (Å²) in [6.45, 7) is 6.92. The van der Waals surface area contributed by atoms with Gasteiger partial charge in [0.1, 0.15) is 11.5 Å². The molecule has 1 unspecified atom stereocenters. The molecule has 0 fully saturated rings. The van der Waals surface area contributed by atoms with E-state index < -0.39 is 6.10 Å². The van der Waals surface area contributed by atoms with Crippen molar-refractivity contribution in [1.82, 2.24) is 4.90 Å². The molecule has 0 aromatic heterocycles. The van der Waals surface area contributed by atoms with Crippen molar-refractivity contribution in [3.63, 3.8) is 0 Å². The van der Waals surface area contributed by atoms with Crippen molar-refractivity contribution in [2.75, 3.05) is 13.1 Å². The SMILES string of the molecule is CCN(CC)C(=O)C(C)Oc1cccc(O)c1. The van der Waals surface area contributed by atoms with E-state index in [4.69, 9.17) is 4.74 Å². The highest BCUT2D eigenvalue weighted by Gasteiger charge is 2.19. The van der Waals surface area contributed by atoms with Crippen molar-refractivity contribution < 1.29 is 14.6 Å². The smallest absolute Gasteiger partial charge is 0.263 e. The van der Waals surface area contributed by atoms with Crippen LogP contribution in [0.1, 0.15) is 20.8 Å². The number of carbonyl (C=O) groups is 1. The molecule has 0 radical (unpaired) electrons. The van der Waals surface area contributed by atoms with Gasteiger partial charge in [-0.1, -0.05) is 6.07 Å². The van der Waals surface area contributed by atoms with Gasteiger partial charge >= 0.3 is 0 Å². The van der Waals surface area contributed by atoms with Crippen LogP contribution < -0.4 is 4.74 Å². The number of likely N-dealkylation sites (N-methyl/N-ethyl adjacent to an activating group) is 1. The van der Waals surface area contributed by atoms with E-state index in [-0.39, 0.29) is 11.7 Å². The average Bonchev–Trinajstić information content (AvgIpc) is 2.30. The van der Waals surface area contributed by atoms with Crippen molar-refractivity contribution in [1.29, 1.82) is 0 Å². The molecule has 1 N–H and O–H groups in total. The standard InChI is InChI=1S/C13H19NO3/c1-4-14(5-2)13(16)10(3)17-12-8-6-7-11(15)9-12/h6-10,15H,4-5H2,1-3H3. The minimum Gasteiger partial charge on any atom is -0.508 e. The highest BCUT2D eigenvalue weighted by molar-refractivity contribution is 5.80. The second kappa shape index (κ2) is 6.13. The summed E-state index contributed by atoms with van der Waals surface area (Å²) in [7, 11) is 0. The lowest BCUT2D eigenvalue weighted by Gasteiger charge is -2.23. The molecule has 17 heavy (non-hydrogen) atoms. The third-order valence-electron chi connectivity index (χ3n) is 2.55. The topological polar surface area (TPSA) is 49.8 Å². The minimum absolute atomic E-state index is 0.0432. The van der Waals surface area contributed by atoms with E-state index in [1.54, 1.807) is 30.0 Å². The van der Waals surface area contributed by atoms with Gasteiger partial charge in [0, 0.05) is 19.2 Å². The van der Waals surface area contributed by atoms with Crippen molar-refractivity contribution >= 4 is 5.91 Å². The first-order chi connectivity index (χ1) is 8.08. The Balaban J connectivity index is 2.65. The van der Waals surface area contributed by atoms with Crippen LogP contribution in [-0.4, -0.2) is 35.1 Å². The summed E-state index contributed by atoms with van der Waals surface area (Å²) < 4.78 is 5.49. The molecule has 0 aliphatic heterocycles. The number of hydrogen-bond acceptors (Lipinski definition) is 3. The number of carbonyl (C=O) groups excluding carboxylic acids is 1. The van der Waals surface area contributed by atoms with E-state index in [0.29, 0.717) is 18.8 Å². The second-order valence-electron chi connectivity index (χ2n) is 3.77. The summed E-state index contributed by atoms with van der Waals surface area (Å²) in [5.41, 5.74) is 0. The molecule has 0 bridgehead atoms. The molecular weight excluding hydrogens is 218 g/mol. The third-order valence-corrected chi connectivity index (χ3v) is 2.55. The summed E-state index contributed by atoms with van der Waals surface area (Å²) in [6, 6.07) is 6.45. The third kappa shape index (κ3) is 3.66. The van der Waals surface area contributed by atoms with Crippen molar-refractivity contribution in [2.45, 2.75) is 26.9 Å². The molecule has 0 heterocycles. The highest BCUT2D eigenvalue weighted by atomic mass is 16.5. The fourth-order valence-corrected chi connectivity index (χ4v) is 1.60. The number of phenolic OH excluding ortho intramolecular Hbond substituents is 1. The molecular formula is C13H19NO3. The fraction of sp³-hybridized carbons (Fsp3) is 0.462.